The van der Waals surface area contributed by atoms with Gasteiger partial charge in [-0.1, -0.05) is 0 Å². The molecule has 0 aromatic carbocycles. The predicted molar refractivity (Wildman–Crippen MR) is 223 cm³/mol. The highest BCUT2D eigenvalue weighted by molar-refractivity contribution is 5.98. The molecule has 10 heterocycles. The SMILES string of the molecule is Cc1cc(-c2ccc3c(n2)N(C(=O)N2CCO[C@@H](C)C2)[C@H]2CCN3C2)ccn1.Cc1cc(-c2ccc3c(n2)N(C(=O)N2CCO[C@@H](C)C2)[C@H]2CCN3C2)ccn1.Cl. The first kappa shape index (κ1) is 38.8. The van der Waals surface area contributed by atoms with Crippen molar-refractivity contribution < 1.29 is 19.1 Å². The number of aryl methyl sites for hydroxylation is 2. The highest BCUT2D eigenvalue weighted by atomic mass is 35.5. The van der Waals surface area contributed by atoms with Gasteiger partial charge < -0.3 is 29.1 Å². The van der Waals surface area contributed by atoms with Crippen molar-refractivity contribution >= 4 is 47.5 Å². The summed E-state index contributed by atoms with van der Waals surface area (Å²) in [6, 6.07) is 16.8. The fourth-order valence-corrected chi connectivity index (χ4v) is 8.93. The Morgan fingerprint density at radius 1 is 0.614 bits per heavy atom. The second kappa shape index (κ2) is 16.1. The molecule has 4 aromatic rings. The fraction of sp³-hybridized carbons (Fsp3) is 0.476. The minimum Gasteiger partial charge on any atom is -0.375 e. The third-order valence-electron chi connectivity index (χ3n) is 11.7. The highest BCUT2D eigenvalue weighted by Crippen LogP contribution is 2.42. The van der Waals surface area contributed by atoms with Crippen molar-refractivity contribution in [1.82, 2.24) is 29.7 Å². The molecule has 10 rings (SSSR count). The van der Waals surface area contributed by atoms with Gasteiger partial charge in [0.2, 0.25) is 0 Å². The predicted octanol–water partition coefficient (Wildman–Crippen LogP) is 5.80. The topological polar surface area (TPSA) is 124 Å². The largest absolute Gasteiger partial charge is 0.375 e. The lowest BCUT2D eigenvalue weighted by Crippen LogP contribution is -2.55. The molecule has 4 amide bonds. The second-order valence-electron chi connectivity index (χ2n) is 15.8. The molecular formula is C42H51ClN10O4. The van der Waals surface area contributed by atoms with Crippen molar-refractivity contribution in [2.75, 3.05) is 85.2 Å². The van der Waals surface area contributed by atoms with Crippen LogP contribution >= 0.6 is 12.4 Å². The van der Waals surface area contributed by atoms with E-state index in [1.807, 2.05) is 83.7 Å². The van der Waals surface area contributed by atoms with Gasteiger partial charge in [0.25, 0.3) is 0 Å². The fourth-order valence-electron chi connectivity index (χ4n) is 8.93. The molecule has 0 aliphatic carbocycles. The molecule has 6 aliphatic heterocycles. The lowest BCUT2D eigenvalue weighted by molar-refractivity contribution is -0.00267. The van der Waals surface area contributed by atoms with Crippen LogP contribution in [0.25, 0.3) is 22.5 Å². The third-order valence-corrected chi connectivity index (χ3v) is 11.7. The molecule has 0 saturated carbocycles. The molecule has 0 unspecified atom stereocenters. The van der Waals surface area contributed by atoms with Crippen LogP contribution in [-0.4, -0.2) is 132 Å². The van der Waals surface area contributed by atoms with Crippen molar-refractivity contribution in [3.63, 3.8) is 0 Å². The average molecular weight is 795 g/mol. The zero-order valence-electron chi connectivity index (χ0n) is 33.1. The summed E-state index contributed by atoms with van der Waals surface area (Å²) in [5.41, 5.74) is 7.81. The maximum Gasteiger partial charge on any atom is 0.326 e. The number of pyridine rings is 4. The van der Waals surface area contributed by atoms with E-state index in [-0.39, 0.29) is 48.8 Å². The molecule has 57 heavy (non-hydrogen) atoms. The van der Waals surface area contributed by atoms with Gasteiger partial charge in [-0.05, 0) is 89.1 Å². The zero-order chi connectivity index (χ0) is 38.5. The van der Waals surface area contributed by atoms with Crippen LogP contribution in [0.2, 0.25) is 0 Å². The normalized spacial score (nSPS) is 23.3. The molecule has 6 aliphatic rings. The van der Waals surface area contributed by atoms with Crippen molar-refractivity contribution in [2.45, 2.75) is 64.8 Å². The number of hydrogen-bond acceptors (Lipinski definition) is 10. The summed E-state index contributed by atoms with van der Waals surface area (Å²) >= 11 is 0. The van der Waals surface area contributed by atoms with Gasteiger partial charge in [0.05, 0.1) is 60.3 Å². The van der Waals surface area contributed by atoms with E-state index in [1.165, 1.54) is 0 Å². The molecule has 0 radical (unpaired) electrons. The van der Waals surface area contributed by atoms with E-state index >= 15 is 0 Å². The van der Waals surface area contributed by atoms with Crippen LogP contribution in [0.5, 0.6) is 0 Å². The molecule has 0 spiro atoms. The monoisotopic (exact) mass is 794 g/mol. The number of morpholine rings is 2. The summed E-state index contributed by atoms with van der Waals surface area (Å²) in [4.78, 5) is 57.8. The molecule has 4 bridgehead atoms. The number of halogens is 1. The van der Waals surface area contributed by atoms with Gasteiger partial charge in [-0.3, -0.25) is 19.8 Å². The molecule has 300 valence electrons. The first-order valence-electron chi connectivity index (χ1n) is 20.0. The maximum atomic E-state index is 13.5. The number of ether oxygens (including phenoxy) is 2. The van der Waals surface area contributed by atoms with Gasteiger partial charge in [-0.25, -0.2) is 19.6 Å². The number of rotatable bonds is 2. The Kier molecular flexibility index (Phi) is 10.9. The molecule has 0 N–H and O–H groups in total. The number of anilines is 4. The molecular weight excluding hydrogens is 744 g/mol. The number of fused-ring (bicyclic) bond motifs is 8. The smallest absolute Gasteiger partial charge is 0.326 e. The second-order valence-corrected chi connectivity index (χ2v) is 15.8. The number of nitrogens with zero attached hydrogens (tertiary/aromatic N) is 10. The van der Waals surface area contributed by atoms with E-state index in [0.717, 1.165) is 95.9 Å². The van der Waals surface area contributed by atoms with Gasteiger partial charge in [0.15, 0.2) is 11.6 Å². The van der Waals surface area contributed by atoms with Crippen LogP contribution in [0.1, 0.15) is 38.1 Å². The molecule has 4 aromatic heterocycles. The minimum atomic E-state index is 0. The summed E-state index contributed by atoms with van der Waals surface area (Å²) in [7, 11) is 0. The molecule has 14 nitrogen and oxygen atoms in total. The van der Waals surface area contributed by atoms with E-state index < -0.39 is 0 Å². The Morgan fingerprint density at radius 3 is 1.46 bits per heavy atom. The van der Waals surface area contributed by atoms with Gasteiger partial charge in [-0.2, -0.15) is 0 Å². The van der Waals surface area contributed by atoms with Gasteiger partial charge in [0.1, 0.15) is 0 Å². The summed E-state index contributed by atoms with van der Waals surface area (Å²) in [5, 5.41) is 0. The lowest BCUT2D eigenvalue weighted by Gasteiger charge is -2.40. The van der Waals surface area contributed by atoms with E-state index in [9.17, 15) is 9.59 Å². The first-order chi connectivity index (χ1) is 27.2. The van der Waals surface area contributed by atoms with E-state index in [0.29, 0.717) is 39.4 Å². The van der Waals surface area contributed by atoms with Crippen molar-refractivity contribution in [1.29, 1.82) is 0 Å². The molecule has 15 heteroatoms. The molecule has 4 fully saturated rings. The third kappa shape index (κ3) is 7.58. The van der Waals surface area contributed by atoms with Gasteiger partial charge in [0, 0.05) is 87.3 Å². The number of carbonyl (C=O) groups excluding carboxylic acids is 2. The maximum absolute atomic E-state index is 13.5. The van der Waals surface area contributed by atoms with Crippen LogP contribution < -0.4 is 19.6 Å². The molecule has 4 saturated heterocycles. The number of carbonyl (C=O) groups is 2. The summed E-state index contributed by atoms with van der Waals surface area (Å²) in [6.45, 7) is 15.4. The van der Waals surface area contributed by atoms with Crippen LogP contribution in [0.3, 0.4) is 0 Å². The quantitative estimate of drug-likeness (QED) is 0.246. The average Bonchev–Trinajstić information content (AvgIpc) is 3.83. The van der Waals surface area contributed by atoms with E-state index in [1.54, 1.807) is 12.4 Å². The van der Waals surface area contributed by atoms with Crippen LogP contribution in [0.15, 0.2) is 60.9 Å². The number of hydrogen-bond donors (Lipinski definition) is 0. The zero-order valence-corrected chi connectivity index (χ0v) is 33.9. The molecule has 4 atom stereocenters. The van der Waals surface area contributed by atoms with Gasteiger partial charge in [-0.15, -0.1) is 12.4 Å². The minimum absolute atomic E-state index is 0. The lowest BCUT2D eigenvalue weighted by atomic mass is 10.1. The first-order valence-corrected chi connectivity index (χ1v) is 20.0. The van der Waals surface area contributed by atoms with Crippen molar-refractivity contribution in [3.8, 4) is 22.5 Å². The summed E-state index contributed by atoms with van der Waals surface area (Å²) in [6.07, 6.45) is 5.70. The van der Waals surface area contributed by atoms with Crippen molar-refractivity contribution in [2.24, 2.45) is 0 Å². The standard InChI is InChI=1S/2C21H25N5O2.ClH/c2*1-14-11-16(5-7-22-14)18-3-4-19-20(23-18)26(17-6-8-24(19)13-17)21(27)25-9-10-28-15(2)12-25;/h2*3-5,7,11,15,17H,6,8-10,12-13H2,1-2H3;1H/t2*15-,17-;/m00./s1. The number of urea groups is 2. The van der Waals surface area contributed by atoms with Crippen molar-refractivity contribution in [3.05, 3.63) is 72.3 Å². The summed E-state index contributed by atoms with van der Waals surface area (Å²) < 4.78 is 11.2. The van der Waals surface area contributed by atoms with E-state index in [4.69, 9.17) is 19.4 Å². The van der Waals surface area contributed by atoms with E-state index in [2.05, 4.69) is 31.9 Å². The Bertz CT molecular complexity index is 1990. The number of aromatic nitrogens is 4. The highest BCUT2D eigenvalue weighted by Gasteiger charge is 2.44. The summed E-state index contributed by atoms with van der Waals surface area (Å²) in [5.74, 6) is 1.56. The number of amides is 4. The van der Waals surface area contributed by atoms with Crippen LogP contribution in [0.4, 0.5) is 32.6 Å². The van der Waals surface area contributed by atoms with Crippen LogP contribution in [0, 0.1) is 13.8 Å². The Balaban J connectivity index is 0.000000157. The van der Waals surface area contributed by atoms with Crippen LogP contribution in [-0.2, 0) is 9.47 Å². The Morgan fingerprint density at radius 2 is 1.05 bits per heavy atom. The Labute approximate surface area is 340 Å². The Hall–Kier alpha value is -5.05. The van der Waals surface area contributed by atoms with Gasteiger partial charge >= 0.3 is 12.1 Å².